The van der Waals surface area contributed by atoms with Gasteiger partial charge in [-0.3, -0.25) is 0 Å². The molecule has 0 radical (unpaired) electrons. The van der Waals surface area contributed by atoms with Crippen molar-refractivity contribution in [3.63, 3.8) is 0 Å². The van der Waals surface area contributed by atoms with Gasteiger partial charge in [0.2, 0.25) is 0 Å². The summed E-state index contributed by atoms with van der Waals surface area (Å²) < 4.78 is 5.40. The Morgan fingerprint density at radius 1 is 1.53 bits per heavy atom. The molecule has 1 aromatic rings. The fourth-order valence-corrected chi connectivity index (χ4v) is 2.08. The van der Waals surface area contributed by atoms with Gasteiger partial charge >= 0.3 is 0 Å². The molecule has 17 heavy (non-hydrogen) atoms. The van der Waals surface area contributed by atoms with E-state index in [1.807, 2.05) is 13.2 Å². The van der Waals surface area contributed by atoms with Gasteiger partial charge in [-0.05, 0) is 26.3 Å². The molecular weight excluding hydrogens is 214 g/mol. The summed E-state index contributed by atoms with van der Waals surface area (Å²) in [7, 11) is 3.67. The molecule has 1 heterocycles. The fourth-order valence-electron chi connectivity index (χ4n) is 2.08. The van der Waals surface area contributed by atoms with Crippen LogP contribution in [0.4, 0.5) is 0 Å². The third kappa shape index (κ3) is 2.82. The highest BCUT2D eigenvalue weighted by molar-refractivity contribution is 5.25. The number of aromatic nitrogens is 2. The average Bonchev–Trinajstić information content (AvgIpc) is 3.17. The van der Waals surface area contributed by atoms with Crippen molar-refractivity contribution in [1.82, 2.24) is 15.3 Å². The molecule has 1 fully saturated rings. The number of nitrogens with one attached hydrogen (secondary N) is 1. The van der Waals surface area contributed by atoms with E-state index in [-0.39, 0.29) is 6.10 Å². The summed E-state index contributed by atoms with van der Waals surface area (Å²) in [5.74, 6) is 1.48. The van der Waals surface area contributed by atoms with E-state index in [2.05, 4.69) is 17.2 Å². The lowest BCUT2D eigenvalue weighted by Gasteiger charge is -2.14. The Hall–Kier alpha value is -1.00. The van der Waals surface area contributed by atoms with E-state index in [4.69, 9.17) is 9.72 Å². The average molecular weight is 235 g/mol. The van der Waals surface area contributed by atoms with E-state index >= 15 is 0 Å². The zero-order valence-corrected chi connectivity index (χ0v) is 10.9. The van der Waals surface area contributed by atoms with Crippen molar-refractivity contribution in [3.05, 3.63) is 23.3 Å². The van der Waals surface area contributed by atoms with Crippen LogP contribution in [0.2, 0.25) is 0 Å². The van der Waals surface area contributed by atoms with Crippen molar-refractivity contribution in [2.24, 2.45) is 0 Å². The summed E-state index contributed by atoms with van der Waals surface area (Å²) in [5, 5.41) is 3.17. The molecule has 1 N–H and O–H groups in total. The smallest absolute Gasteiger partial charge is 0.157 e. The van der Waals surface area contributed by atoms with Crippen molar-refractivity contribution < 1.29 is 4.74 Å². The van der Waals surface area contributed by atoms with Gasteiger partial charge < -0.3 is 10.1 Å². The lowest BCUT2D eigenvalue weighted by Crippen LogP contribution is -2.13. The zero-order valence-electron chi connectivity index (χ0n) is 10.9. The predicted octanol–water partition coefficient (Wildman–Crippen LogP) is 2.17. The first-order chi connectivity index (χ1) is 8.30. The first-order valence-electron chi connectivity index (χ1n) is 6.33. The van der Waals surface area contributed by atoms with Crippen molar-refractivity contribution in [3.8, 4) is 0 Å². The maximum atomic E-state index is 5.40. The van der Waals surface area contributed by atoms with Crippen LogP contribution in [0.1, 0.15) is 55.3 Å². The quantitative estimate of drug-likeness (QED) is 0.821. The van der Waals surface area contributed by atoms with Gasteiger partial charge in [0, 0.05) is 31.3 Å². The molecule has 0 aliphatic heterocycles. The second kappa shape index (κ2) is 5.56. The molecule has 1 unspecified atom stereocenters. The van der Waals surface area contributed by atoms with E-state index < -0.39 is 0 Å². The number of ether oxygens (including phenoxy) is 1. The maximum Gasteiger partial charge on any atom is 0.157 e. The summed E-state index contributed by atoms with van der Waals surface area (Å²) in [6, 6.07) is 0. The first kappa shape index (κ1) is 12.5. The molecule has 1 aliphatic rings. The Morgan fingerprint density at radius 2 is 2.29 bits per heavy atom. The second-order valence-electron chi connectivity index (χ2n) is 4.58. The van der Waals surface area contributed by atoms with E-state index in [0.29, 0.717) is 5.92 Å². The van der Waals surface area contributed by atoms with Crippen LogP contribution in [0.25, 0.3) is 0 Å². The van der Waals surface area contributed by atoms with Gasteiger partial charge in [-0.1, -0.05) is 6.92 Å². The van der Waals surface area contributed by atoms with Gasteiger partial charge in [0.15, 0.2) is 5.82 Å². The van der Waals surface area contributed by atoms with Crippen molar-refractivity contribution in [2.45, 2.75) is 44.8 Å². The van der Waals surface area contributed by atoms with Crippen LogP contribution in [0.5, 0.6) is 0 Å². The molecule has 1 aliphatic carbocycles. The SMILES string of the molecule is CCC(OC)c1ncc(CNC)c(C2CC2)n1. The molecule has 1 saturated carbocycles. The second-order valence-corrected chi connectivity index (χ2v) is 4.58. The Labute approximate surface area is 103 Å². The molecule has 4 nitrogen and oxygen atoms in total. The third-order valence-corrected chi connectivity index (χ3v) is 3.19. The van der Waals surface area contributed by atoms with Gasteiger partial charge in [-0.25, -0.2) is 9.97 Å². The standard InChI is InChI=1S/C13H21N3O/c1-4-11(17-3)13-15-8-10(7-14-2)12(16-13)9-5-6-9/h8-9,11,14H,4-7H2,1-3H3. The predicted molar refractivity (Wildman–Crippen MR) is 66.8 cm³/mol. The van der Waals surface area contributed by atoms with Crippen LogP contribution in [-0.4, -0.2) is 24.1 Å². The molecule has 1 aromatic heterocycles. The van der Waals surface area contributed by atoms with E-state index in [9.17, 15) is 0 Å². The molecular formula is C13H21N3O. The van der Waals surface area contributed by atoms with Gasteiger partial charge in [0.05, 0.1) is 5.69 Å². The molecule has 0 saturated heterocycles. The molecule has 4 heteroatoms. The lowest BCUT2D eigenvalue weighted by molar-refractivity contribution is 0.0923. The van der Waals surface area contributed by atoms with E-state index in [1.54, 1.807) is 7.11 Å². The summed E-state index contributed by atoms with van der Waals surface area (Å²) in [5.41, 5.74) is 2.45. The number of hydrogen-bond donors (Lipinski definition) is 1. The minimum Gasteiger partial charge on any atom is -0.373 e. The van der Waals surface area contributed by atoms with Crippen LogP contribution in [0.15, 0.2) is 6.20 Å². The molecule has 0 aromatic carbocycles. The Bertz CT molecular complexity index is 373. The Morgan fingerprint density at radius 3 is 2.82 bits per heavy atom. The fraction of sp³-hybridized carbons (Fsp3) is 0.692. The first-order valence-corrected chi connectivity index (χ1v) is 6.33. The van der Waals surface area contributed by atoms with Gasteiger partial charge in [0.25, 0.3) is 0 Å². The lowest BCUT2D eigenvalue weighted by atomic mass is 10.1. The van der Waals surface area contributed by atoms with E-state index in [1.165, 1.54) is 24.1 Å². The number of rotatable bonds is 6. The molecule has 0 spiro atoms. The molecule has 1 atom stereocenters. The van der Waals surface area contributed by atoms with Crippen LogP contribution >= 0.6 is 0 Å². The summed E-state index contributed by atoms with van der Waals surface area (Å²) >= 11 is 0. The van der Waals surface area contributed by atoms with E-state index in [0.717, 1.165) is 18.8 Å². The third-order valence-electron chi connectivity index (χ3n) is 3.19. The van der Waals surface area contributed by atoms with Gasteiger partial charge in [-0.2, -0.15) is 0 Å². The topological polar surface area (TPSA) is 47.0 Å². The van der Waals surface area contributed by atoms with Crippen LogP contribution in [-0.2, 0) is 11.3 Å². The summed E-state index contributed by atoms with van der Waals surface area (Å²) in [6.07, 6.45) is 5.41. The molecule has 0 amide bonds. The van der Waals surface area contributed by atoms with Gasteiger partial charge in [0.1, 0.15) is 6.10 Å². The number of nitrogens with zero attached hydrogens (tertiary/aromatic N) is 2. The Balaban J connectivity index is 2.27. The zero-order chi connectivity index (χ0) is 12.3. The minimum absolute atomic E-state index is 0.0242. The maximum absolute atomic E-state index is 5.40. The minimum atomic E-state index is 0.0242. The van der Waals surface area contributed by atoms with Gasteiger partial charge in [-0.15, -0.1) is 0 Å². The monoisotopic (exact) mass is 235 g/mol. The Kier molecular flexibility index (Phi) is 4.07. The number of methoxy groups -OCH3 is 1. The highest BCUT2D eigenvalue weighted by Gasteiger charge is 2.28. The number of hydrogen-bond acceptors (Lipinski definition) is 4. The van der Waals surface area contributed by atoms with Crippen LogP contribution in [0.3, 0.4) is 0 Å². The van der Waals surface area contributed by atoms with Crippen molar-refractivity contribution >= 4 is 0 Å². The van der Waals surface area contributed by atoms with Crippen LogP contribution in [0, 0.1) is 0 Å². The largest absolute Gasteiger partial charge is 0.373 e. The highest BCUT2D eigenvalue weighted by atomic mass is 16.5. The van der Waals surface area contributed by atoms with Crippen molar-refractivity contribution in [2.75, 3.05) is 14.2 Å². The van der Waals surface area contributed by atoms with Crippen LogP contribution < -0.4 is 5.32 Å². The summed E-state index contributed by atoms with van der Waals surface area (Å²) in [6.45, 7) is 2.94. The highest BCUT2D eigenvalue weighted by Crippen LogP contribution is 2.40. The molecule has 94 valence electrons. The molecule has 0 bridgehead atoms. The normalized spacial score (nSPS) is 17.1. The summed E-state index contributed by atoms with van der Waals surface area (Å²) in [4.78, 5) is 9.15. The molecule has 2 rings (SSSR count). The van der Waals surface area contributed by atoms with Crippen molar-refractivity contribution in [1.29, 1.82) is 0 Å².